The lowest BCUT2D eigenvalue weighted by Crippen LogP contribution is -2.13. The Morgan fingerprint density at radius 1 is 0.375 bits per heavy atom. The number of benzene rings is 5. The molecule has 0 amide bonds. The summed E-state index contributed by atoms with van der Waals surface area (Å²) in [6, 6.07) is 46.2. The van der Waals surface area contributed by atoms with Crippen molar-refractivity contribution in [3.05, 3.63) is 133 Å². The maximum Gasteiger partial charge on any atom is 0.113 e. The van der Waals surface area contributed by atoms with Crippen molar-refractivity contribution in [2.45, 2.75) is 0 Å². The second-order valence-electron chi connectivity index (χ2n) is 7.76. The molecule has 0 spiro atoms. The predicted molar refractivity (Wildman–Crippen MR) is 137 cm³/mol. The Labute approximate surface area is 191 Å². The van der Waals surface area contributed by atoms with E-state index in [1.54, 1.807) is 0 Å². The molecular weight excluding hydrogens is 385 g/mol. The van der Waals surface area contributed by atoms with E-state index in [0.717, 1.165) is 22.5 Å². The van der Waals surface area contributed by atoms with E-state index >= 15 is 0 Å². The molecule has 0 atom stereocenters. The predicted octanol–water partition coefficient (Wildman–Crippen LogP) is 7.28. The number of hydrogen-bond acceptors (Lipinski definition) is 1. The van der Waals surface area contributed by atoms with Crippen molar-refractivity contribution < 1.29 is 0 Å². The van der Waals surface area contributed by atoms with Crippen LogP contribution in [0.2, 0.25) is 0 Å². The van der Waals surface area contributed by atoms with Crippen molar-refractivity contribution in [3.63, 3.8) is 0 Å². The number of rotatable bonds is 5. The molecule has 0 aliphatic rings. The van der Waals surface area contributed by atoms with Crippen LogP contribution in [0, 0.1) is 0 Å². The quantitative estimate of drug-likeness (QED) is 0.277. The first-order valence-corrected chi connectivity index (χ1v) is 10.7. The minimum Gasteiger partial charge on any atom is -0.310 e. The minimum atomic E-state index is 0.742. The van der Waals surface area contributed by atoms with Gasteiger partial charge in [0.05, 0.1) is 0 Å². The third kappa shape index (κ3) is 4.21. The molecule has 0 saturated heterocycles. The fourth-order valence-corrected chi connectivity index (χ4v) is 4.02. The van der Waals surface area contributed by atoms with Gasteiger partial charge in [-0.2, -0.15) is 0 Å². The molecular formula is C30H22BN. The molecule has 32 heavy (non-hydrogen) atoms. The fraction of sp³-hybridized carbons (Fsp3) is 0. The Bertz CT molecular complexity index is 1250. The third-order valence-electron chi connectivity index (χ3n) is 5.55. The number of hydrogen-bond donors (Lipinski definition) is 0. The van der Waals surface area contributed by atoms with Gasteiger partial charge in [-0.05, 0) is 58.7 Å². The highest BCUT2D eigenvalue weighted by atomic mass is 15.1. The molecule has 2 heteroatoms. The van der Waals surface area contributed by atoms with Crippen LogP contribution in [0.3, 0.4) is 0 Å². The van der Waals surface area contributed by atoms with E-state index in [4.69, 9.17) is 7.85 Å². The lowest BCUT2D eigenvalue weighted by Gasteiger charge is -2.27. The zero-order valence-corrected chi connectivity index (χ0v) is 17.7. The average Bonchev–Trinajstić information content (AvgIpc) is 2.86. The van der Waals surface area contributed by atoms with Crippen molar-refractivity contribution >= 4 is 30.4 Å². The molecule has 0 heterocycles. The first-order chi connectivity index (χ1) is 15.8. The van der Waals surface area contributed by atoms with Crippen LogP contribution in [0.25, 0.3) is 22.3 Å². The van der Waals surface area contributed by atoms with Gasteiger partial charge in [0.2, 0.25) is 0 Å². The second-order valence-corrected chi connectivity index (χ2v) is 7.76. The van der Waals surface area contributed by atoms with E-state index in [1.165, 1.54) is 22.3 Å². The first kappa shape index (κ1) is 19.9. The van der Waals surface area contributed by atoms with E-state index < -0.39 is 0 Å². The molecule has 0 aromatic heterocycles. The van der Waals surface area contributed by atoms with Gasteiger partial charge in [0.1, 0.15) is 7.85 Å². The zero-order chi connectivity index (χ0) is 21.8. The Morgan fingerprint density at radius 3 is 1.25 bits per heavy atom. The van der Waals surface area contributed by atoms with E-state index in [-0.39, 0.29) is 0 Å². The van der Waals surface area contributed by atoms with Crippen molar-refractivity contribution in [2.75, 3.05) is 4.90 Å². The molecule has 0 fully saturated rings. The van der Waals surface area contributed by atoms with Gasteiger partial charge in [0.15, 0.2) is 0 Å². The van der Waals surface area contributed by atoms with Crippen molar-refractivity contribution in [1.29, 1.82) is 0 Å². The summed E-state index contributed by atoms with van der Waals surface area (Å²) in [6.45, 7) is 0. The number of anilines is 3. The lowest BCUT2D eigenvalue weighted by atomic mass is 9.95. The summed E-state index contributed by atoms with van der Waals surface area (Å²) in [5.74, 6) is 0. The summed E-state index contributed by atoms with van der Waals surface area (Å²) >= 11 is 0. The number of nitrogens with zero attached hydrogens (tertiary/aromatic N) is 1. The summed E-state index contributed by atoms with van der Waals surface area (Å²) in [5.41, 5.74) is 8.68. The van der Waals surface area contributed by atoms with E-state index in [2.05, 4.69) is 108 Å². The Kier molecular flexibility index (Phi) is 5.59. The molecule has 5 rings (SSSR count). The summed E-state index contributed by atoms with van der Waals surface area (Å²) in [6.07, 6.45) is 0. The smallest absolute Gasteiger partial charge is 0.113 e. The summed E-state index contributed by atoms with van der Waals surface area (Å²) < 4.78 is 0. The highest BCUT2D eigenvalue weighted by Crippen LogP contribution is 2.37. The lowest BCUT2D eigenvalue weighted by molar-refractivity contribution is 1.29. The SMILES string of the molecule is [B]c1cccc(N(c2cccc(-c3ccccc3)c2)c2cccc(-c3ccccc3)c2)c1. The molecule has 5 aromatic carbocycles. The van der Waals surface area contributed by atoms with Gasteiger partial charge in [0, 0.05) is 17.1 Å². The van der Waals surface area contributed by atoms with Crippen molar-refractivity contribution in [2.24, 2.45) is 0 Å². The largest absolute Gasteiger partial charge is 0.310 e. The Balaban J connectivity index is 1.65. The maximum absolute atomic E-state index is 6.17. The average molecular weight is 407 g/mol. The van der Waals surface area contributed by atoms with Crippen LogP contribution in [-0.2, 0) is 0 Å². The monoisotopic (exact) mass is 407 g/mol. The van der Waals surface area contributed by atoms with Gasteiger partial charge in [-0.3, -0.25) is 0 Å². The van der Waals surface area contributed by atoms with Gasteiger partial charge in [-0.25, -0.2) is 0 Å². The molecule has 150 valence electrons. The zero-order valence-electron chi connectivity index (χ0n) is 17.7. The van der Waals surface area contributed by atoms with Gasteiger partial charge in [-0.15, -0.1) is 0 Å². The van der Waals surface area contributed by atoms with Crippen LogP contribution in [0.15, 0.2) is 133 Å². The van der Waals surface area contributed by atoms with Gasteiger partial charge < -0.3 is 4.90 Å². The van der Waals surface area contributed by atoms with Crippen LogP contribution >= 0.6 is 0 Å². The molecule has 0 bridgehead atoms. The van der Waals surface area contributed by atoms with Gasteiger partial charge >= 0.3 is 0 Å². The standard InChI is InChI=1S/C30H22BN/c31-27-16-9-19-30(22-27)32(28-17-7-14-25(20-28)23-10-3-1-4-11-23)29-18-8-15-26(21-29)24-12-5-2-6-13-24/h1-22H. The van der Waals surface area contributed by atoms with Crippen LogP contribution in [-0.4, -0.2) is 7.85 Å². The molecule has 0 unspecified atom stereocenters. The van der Waals surface area contributed by atoms with Crippen molar-refractivity contribution in [3.8, 4) is 22.3 Å². The Morgan fingerprint density at radius 2 is 0.781 bits per heavy atom. The minimum absolute atomic E-state index is 0.742. The maximum atomic E-state index is 6.17. The summed E-state index contributed by atoms with van der Waals surface area (Å²) in [4.78, 5) is 2.26. The van der Waals surface area contributed by atoms with Crippen molar-refractivity contribution in [1.82, 2.24) is 0 Å². The summed E-state index contributed by atoms with van der Waals surface area (Å²) in [7, 11) is 6.17. The van der Waals surface area contributed by atoms with Gasteiger partial charge in [0.25, 0.3) is 0 Å². The molecule has 1 nitrogen and oxygen atoms in total. The van der Waals surface area contributed by atoms with Crippen LogP contribution in [0.5, 0.6) is 0 Å². The highest BCUT2D eigenvalue weighted by Gasteiger charge is 2.14. The normalized spacial score (nSPS) is 10.6. The first-order valence-electron chi connectivity index (χ1n) is 10.7. The highest BCUT2D eigenvalue weighted by molar-refractivity contribution is 6.32. The van der Waals surface area contributed by atoms with E-state index in [9.17, 15) is 0 Å². The van der Waals surface area contributed by atoms with E-state index in [0.29, 0.717) is 0 Å². The molecule has 5 aromatic rings. The third-order valence-corrected chi connectivity index (χ3v) is 5.55. The molecule has 0 aliphatic carbocycles. The van der Waals surface area contributed by atoms with Crippen LogP contribution in [0.4, 0.5) is 17.1 Å². The molecule has 0 N–H and O–H groups in total. The van der Waals surface area contributed by atoms with Crippen LogP contribution < -0.4 is 10.4 Å². The van der Waals surface area contributed by atoms with E-state index in [1.807, 2.05) is 30.3 Å². The molecule has 0 saturated carbocycles. The Hall–Kier alpha value is -4.04. The molecule has 2 radical (unpaired) electrons. The fourth-order valence-electron chi connectivity index (χ4n) is 4.02. The topological polar surface area (TPSA) is 3.24 Å². The summed E-state index contributed by atoms with van der Waals surface area (Å²) in [5, 5.41) is 0. The molecule has 0 aliphatic heterocycles. The second kappa shape index (κ2) is 8.99. The van der Waals surface area contributed by atoms with Gasteiger partial charge in [-0.1, -0.05) is 103 Å². The van der Waals surface area contributed by atoms with Crippen LogP contribution in [0.1, 0.15) is 0 Å².